The van der Waals surface area contributed by atoms with Crippen LogP contribution in [0.2, 0.25) is 0 Å². The number of rotatable bonds is 2. The van der Waals surface area contributed by atoms with Gasteiger partial charge in [0.05, 0.1) is 5.69 Å². The Labute approximate surface area is 112 Å². The monoisotopic (exact) mass is 261 g/mol. The van der Waals surface area contributed by atoms with Crippen molar-refractivity contribution in [3.8, 4) is 0 Å². The molecular formula is C13H19N5O. The summed E-state index contributed by atoms with van der Waals surface area (Å²) in [5.41, 5.74) is 11.9. The van der Waals surface area contributed by atoms with Gasteiger partial charge in [0.1, 0.15) is 0 Å². The van der Waals surface area contributed by atoms with Gasteiger partial charge in [-0.3, -0.25) is 4.79 Å². The van der Waals surface area contributed by atoms with E-state index in [1.807, 2.05) is 4.90 Å². The molecule has 1 fully saturated rings. The molecule has 1 aromatic carbocycles. The third-order valence-corrected chi connectivity index (χ3v) is 3.16. The lowest BCUT2D eigenvalue weighted by atomic mass is 10.1. The Bertz CT molecular complexity index is 470. The number of piperazine rings is 1. The number of aliphatic imine (C=N–C) groups is 1. The van der Waals surface area contributed by atoms with Gasteiger partial charge in [0.2, 0.25) is 0 Å². The van der Waals surface area contributed by atoms with Gasteiger partial charge in [0.25, 0.3) is 5.91 Å². The SMILES string of the molecule is CN1CCN(C(=O)c2ccc(N=C(N)N)cc2)CC1. The summed E-state index contributed by atoms with van der Waals surface area (Å²) < 4.78 is 0. The van der Waals surface area contributed by atoms with Gasteiger partial charge >= 0.3 is 0 Å². The maximum atomic E-state index is 12.3. The second kappa shape index (κ2) is 5.71. The number of hydrogen-bond acceptors (Lipinski definition) is 3. The smallest absolute Gasteiger partial charge is 0.253 e. The summed E-state index contributed by atoms with van der Waals surface area (Å²) in [6.45, 7) is 3.37. The Hall–Kier alpha value is -2.08. The van der Waals surface area contributed by atoms with E-state index in [1.165, 1.54) is 0 Å². The highest BCUT2D eigenvalue weighted by molar-refractivity contribution is 5.94. The number of carbonyl (C=O) groups is 1. The van der Waals surface area contributed by atoms with Crippen molar-refractivity contribution in [3.05, 3.63) is 29.8 Å². The molecule has 0 saturated carbocycles. The van der Waals surface area contributed by atoms with E-state index in [0.29, 0.717) is 11.3 Å². The first-order chi connectivity index (χ1) is 9.06. The van der Waals surface area contributed by atoms with Crippen molar-refractivity contribution in [3.63, 3.8) is 0 Å². The zero-order valence-electron chi connectivity index (χ0n) is 11.0. The number of guanidine groups is 1. The lowest BCUT2D eigenvalue weighted by Gasteiger charge is -2.32. The molecule has 0 unspecified atom stereocenters. The molecule has 0 bridgehead atoms. The summed E-state index contributed by atoms with van der Waals surface area (Å²) in [6, 6.07) is 6.98. The van der Waals surface area contributed by atoms with Crippen molar-refractivity contribution in [2.75, 3.05) is 33.2 Å². The molecule has 0 aliphatic carbocycles. The van der Waals surface area contributed by atoms with Gasteiger partial charge < -0.3 is 21.3 Å². The van der Waals surface area contributed by atoms with E-state index in [0.717, 1.165) is 26.2 Å². The molecule has 4 N–H and O–H groups in total. The summed E-state index contributed by atoms with van der Waals surface area (Å²) in [5.74, 6) is 0.0718. The molecule has 6 nitrogen and oxygen atoms in total. The number of carbonyl (C=O) groups excluding carboxylic acids is 1. The normalized spacial score (nSPS) is 16.2. The van der Waals surface area contributed by atoms with Crippen LogP contribution in [0.5, 0.6) is 0 Å². The van der Waals surface area contributed by atoms with Crippen molar-refractivity contribution >= 4 is 17.6 Å². The molecule has 1 heterocycles. The molecule has 0 radical (unpaired) electrons. The fourth-order valence-electron chi connectivity index (χ4n) is 2.02. The summed E-state index contributed by atoms with van der Waals surface area (Å²) in [4.78, 5) is 20.3. The highest BCUT2D eigenvalue weighted by Crippen LogP contribution is 2.14. The fourth-order valence-corrected chi connectivity index (χ4v) is 2.02. The Kier molecular flexibility index (Phi) is 4.01. The van der Waals surface area contributed by atoms with E-state index >= 15 is 0 Å². The first kappa shape index (κ1) is 13.4. The predicted molar refractivity (Wildman–Crippen MR) is 75.3 cm³/mol. The van der Waals surface area contributed by atoms with Crippen molar-refractivity contribution in [2.45, 2.75) is 0 Å². The quantitative estimate of drug-likeness (QED) is 0.578. The average Bonchev–Trinajstić information content (AvgIpc) is 2.39. The highest BCUT2D eigenvalue weighted by Gasteiger charge is 2.19. The number of hydrogen-bond donors (Lipinski definition) is 2. The standard InChI is InChI=1S/C13H19N5O/c1-17-6-8-18(9-7-17)12(19)10-2-4-11(5-3-10)16-13(14)15/h2-5H,6-9H2,1H3,(H4,14,15,16). The van der Waals surface area contributed by atoms with Crippen LogP contribution < -0.4 is 11.5 Å². The molecule has 2 rings (SSSR count). The maximum Gasteiger partial charge on any atom is 0.253 e. The molecule has 0 atom stereocenters. The molecule has 1 saturated heterocycles. The third kappa shape index (κ3) is 3.45. The summed E-state index contributed by atoms with van der Waals surface area (Å²) in [7, 11) is 2.06. The number of amides is 1. The summed E-state index contributed by atoms with van der Waals surface area (Å²) in [5, 5.41) is 0. The second-order valence-electron chi connectivity index (χ2n) is 4.68. The number of nitrogens with two attached hydrogens (primary N) is 2. The first-order valence-electron chi connectivity index (χ1n) is 6.24. The number of benzene rings is 1. The van der Waals surface area contributed by atoms with Gasteiger partial charge in [-0.05, 0) is 31.3 Å². The Morgan fingerprint density at radius 1 is 1.11 bits per heavy atom. The molecule has 102 valence electrons. The number of nitrogens with zero attached hydrogens (tertiary/aromatic N) is 3. The van der Waals surface area contributed by atoms with Gasteiger partial charge in [-0.25, -0.2) is 4.99 Å². The lowest BCUT2D eigenvalue weighted by molar-refractivity contribution is 0.0664. The van der Waals surface area contributed by atoms with Gasteiger partial charge in [0.15, 0.2) is 5.96 Å². The molecule has 19 heavy (non-hydrogen) atoms. The molecular weight excluding hydrogens is 242 g/mol. The van der Waals surface area contributed by atoms with Gasteiger partial charge in [0, 0.05) is 31.7 Å². The van der Waals surface area contributed by atoms with Crippen LogP contribution in [0.15, 0.2) is 29.3 Å². The van der Waals surface area contributed by atoms with Crippen LogP contribution in [0, 0.1) is 0 Å². The minimum Gasteiger partial charge on any atom is -0.370 e. The van der Waals surface area contributed by atoms with E-state index in [9.17, 15) is 4.79 Å². The molecule has 1 amide bonds. The van der Waals surface area contributed by atoms with Crippen molar-refractivity contribution < 1.29 is 4.79 Å². The molecule has 0 spiro atoms. The molecule has 1 aliphatic heterocycles. The number of likely N-dealkylation sites (N-methyl/N-ethyl adjacent to an activating group) is 1. The maximum absolute atomic E-state index is 12.3. The van der Waals surface area contributed by atoms with Crippen LogP contribution in [0.1, 0.15) is 10.4 Å². The topological polar surface area (TPSA) is 87.9 Å². The Balaban J connectivity index is 2.05. The van der Waals surface area contributed by atoms with Crippen LogP contribution in [0.25, 0.3) is 0 Å². The average molecular weight is 261 g/mol. The van der Waals surface area contributed by atoms with E-state index in [2.05, 4.69) is 16.9 Å². The molecule has 1 aliphatic rings. The van der Waals surface area contributed by atoms with Crippen LogP contribution >= 0.6 is 0 Å². The largest absolute Gasteiger partial charge is 0.370 e. The third-order valence-electron chi connectivity index (χ3n) is 3.16. The van der Waals surface area contributed by atoms with E-state index in [4.69, 9.17) is 11.5 Å². The minimum absolute atomic E-state index is 0.0122. The van der Waals surface area contributed by atoms with Crippen LogP contribution in [-0.2, 0) is 0 Å². The molecule has 6 heteroatoms. The fraction of sp³-hybridized carbons (Fsp3) is 0.385. The molecule has 1 aromatic rings. The Morgan fingerprint density at radius 3 is 2.21 bits per heavy atom. The first-order valence-corrected chi connectivity index (χ1v) is 6.24. The van der Waals surface area contributed by atoms with Gasteiger partial charge in [-0.1, -0.05) is 0 Å². The summed E-state index contributed by atoms with van der Waals surface area (Å²) in [6.07, 6.45) is 0. The minimum atomic E-state index is 0.0122. The second-order valence-corrected chi connectivity index (χ2v) is 4.68. The van der Waals surface area contributed by atoms with Crippen LogP contribution in [0.3, 0.4) is 0 Å². The van der Waals surface area contributed by atoms with E-state index in [-0.39, 0.29) is 11.9 Å². The molecule has 0 aromatic heterocycles. The highest BCUT2D eigenvalue weighted by atomic mass is 16.2. The zero-order valence-corrected chi connectivity index (χ0v) is 11.0. The van der Waals surface area contributed by atoms with Crippen LogP contribution in [-0.4, -0.2) is 54.9 Å². The van der Waals surface area contributed by atoms with E-state index < -0.39 is 0 Å². The van der Waals surface area contributed by atoms with Crippen molar-refractivity contribution in [2.24, 2.45) is 16.5 Å². The predicted octanol–water partition coefficient (Wildman–Crippen LogP) is -0.0209. The van der Waals surface area contributed by atoms with Crippen LogP contribution in [0.4, 0.5) is 5.69 Å². The van der Waals surface area contributed by atoms with Crippen molar-refractivity contribution in [1.29, 1.82) is 0 Å². The zero-order chi connectivity index (χ0) is 13.8. The van der Waals surface area contributed by atoms with E-state index in [1.54, 1.807) is 24.3 Å². The summed E-state index contributed by atoms with van der Waals surface area (Å²) >= 11 is 0. The Morgan fingerprint density at radius 2 is 1.68 bits per heavy atom. The van der Waals surface area contributed by atoms with Gasteiger partial charge in [-0.15, -0.1) is 0 Å². The van der Waals surface area contributed by atoms with Gasteiger partial charge in [-0.2, -0.15) is 0 Å². The van der Waals surface area contributed by atoms with Crippen molar-refractivity contribution in [1.82, 2.24) is 9.80 Å². The lowest BCUT2D eigenvalue weighted by Crippen LogP contribution is -2.47.